The maximum absolute atomic E-state index is 12.2. The molecule has 0 aromatic heterocycles. The summed E-state index contributed by atoms with van der Waals surface area (Å²) in [6.45, 7) is 8.00. The Morgan fingerprint density at radius 3 is 1.96 bits per heavy atom. The second-order valence-electron chi connectivity index (χ2n) is 6.95. The highest BCUT2D eigenvalue weighted by Crippen LogP contribution is 2.20. The van der Waals surface area contributed by atoms with Crippen LogP contribution in [0.1, 0.15) is 50.4 Å². The fraction of sp³-hybridized carbons (Fsp3) is 0.400. The molecule has 0 radical (unpaired) electrons. The van der Waals surface area contributed by atoms with Gasteiger partial charge in [-0.3, -0.25) is 0 Å². The molecule has 3 heteroatoms. The van der Waals surface area contributed by atoms with Gasteiger partial charge in [0.05, 0.1) is 6.04 Å². The minimum atomic E-state index is -1.05. The van der Waals surface area contributed by atoms with Crippen LogP contribution in [0.2, 0.25) is 0 Å². The van der Waals surface area contributed by atoms with Gasteiger partial charge < -0.3 is 4.55 Å². The quantitative estimate of drug-likeness (QED) is 0.787. The molecule has 0 bridgehead atoms. The van der Waals surface area contributed by atoms with E-state index in [0.29, 0.717) is 0 Å². The second-order valence-corrected chi connectivity index (χ2v) is 8.95. The van der Waals surface area contributed by atoms with Crippen LogP contribution >= 0.6 is 0 Å². The minimum Gasteiger partial charge on any atom is -0.598 e. The normalized spacial score (nSPS) is 14.5. The SMILES string of the molecule is C[C@H](N[S+]([O-])C(C)(C)C)c1ccc(CCc2ccccc2)cc1. The standard InChI is InChI=1S/C20H27NOS/c1-16(21-23(22)20(2,3)4)19-14-12-18(13-15-19)11-10-17-8-6-5-7-9-17/h5-9,12-16,21H,10-11H2,1-4H3/t16-,23?/m0/s1. The summed E-state index contributed by atoms with van der Waals surface area (Å²) in [5.74, 6) is 0. The average Bonchev–Trinajstić information content (AvgIpc) is 2.53. The Morgan fingerprint density at radius 2 is 1.43 bits per heavy atom. The molecule has 0 aliphatic rings. The van der Waals surface area contributed by atoms with Gasteiger partial charge in [-0.15, -0.1) is 4.72 Å². The van der Waals surface area contributed by atoms with Gasteiger partial charge in [0.2, 0.25) is 0 Å². The molecule has 0 heterocycles. The van der Waals surface area contributed by atoms with Crippen molar-refractivity contribution in [1.82, 2.24) is 4.72 Å². The molecule has 2 aromatic rings. The minimum absolute atomic E-state index is 0.0817. The maximum atomic E-state index is 12.2. The lowest BCUT2D eigenvalue weighted by Crippen LogP contribution is -2.40. The van der Waals surface area contributed by atoms with Crippen LogP contribution in [-0.4, -0.2) is 9.30 Å². The van der Waals surface area contributed by atoms with Crippen molar-refractivity contribution in [2.24, 2.45) is 0 Å². The number of hydrogen-bond acceptors (Lipinski definition) is 2. The van der Waals surface area contributed by atoms with E-state index in [9.17, 15) is 4.55 Å². The third-order valence-corrected chi connectivity index (χ3v) is 5.54. The summed E-state index contributed by atoms with van der Waals surface area (Å²) in [4.78, 5) is 0. The van der Waals surface area contributed by atoms with E-state index in [1.165, 1.54) is 16.7 Å². The Kier molecular flexibility index (Phi) is 6.28. The first-order chi connectivity index (χ1) is 10.9. The van der Waals surface area contributed by atoms with E-state index in [0.717, 1.165) is 12.8 Å². The van der Waals surface area contributed by atoms with Crippen molar-refractivity contribution in [2.45, 2.75) is 51.3 Å². The van der Waals surface area contributed by atoms with E-state index >= 15 is 0 Å². The number of benzene rings is 2. The van der Waals surface area contributed by atoms with Crippen LogP contribution in [0.4, 0.5) is 0 Å². The van der Waals surface area contributed by atoms with Crippen molar-refractivity contribution in [1.29, 1.82) is 0 Å². The second kappa shape index (κ2) is 8.00. The lowest BCUT2D eigenvalue weighted by Gasteiger charge is -2.26. The molecule has 2 rings (SSSR count). The third-order valence-electron chi connectivity index (χ3n) is 3.86. The summed E-state index contributed by atoms with van der Waals surface area (Å²) < 4.78 is 15.1. The molecule has 0 fully saturated rings. The molecule has 0 amide bonds. The summed E-state index contributed by atoms with van der Waals surface area (Å²) >= 11 is -1.05. The van der Waals surface area contributed by atoms with Crippen LogP contribution in [0.5, 0.6) is 0 Å². The van der Waals surface area contributed by atoms with Crippen LogP contribution in [0, 0.1) is 0 Å². The molecule has 2 aromatic carbocycles. The van der Waals surface area contributed by atoms with Crippen LogP contribution in [0.3, 0.4) is 0 Å². The predicted molar refractivity (Wildman–Crippen MR) is 99.7 cm³/mol. The molecule has 2 nitrogen and oxygen atoms in total. The summed E-state index contributed by atoms with van der Waals surface area (Å²) in [6.07, 6.45) is 2.10. The fourth-order valence-corrected chi connectivity index (χ4v) is 3.12. The van der Waals surface area contributed by atoms with Crippen molar-refractivity contribution in [3.63, 3.8) is 0 Å². The lowest BCUT2D eigenvalue weighted by molar-refractivity contribution is 0.531. The number of nitrogens with one attached hydrogen (secondary N) is 1. The van der Waals surface area contributed by atoms with Crippen LogP contribution in [0.25, 0.3) is 0 Å². The molecule has 0 aliphatic heterocycles. The number of aryl methyl sites for hydroxylation is 2. The van der Waals surface area contributed by atoms with Crippen molar-refractivity contribution in [3.8, 4) is 0 Å². The predicted octanol–water partition coefficient (Wildman–Crippen LogP) is 4.58. The summed E-state index contributed by atoms with van der Waals surface area (Å²) in [7, 11) is 0. The summed E-state index contributed by atoms with van der Waals surface area (Å²) in [6, 6.07) is 19.3. The van der Waals surface area contributed by atoms with E-state index in [2.05, 4.69) is 60.2 Å². The Morgan fingerprint density at radius 1 is 0.913 bits per heavy atom. The fourth-order valence-electron chi connectivity index (χ4n) is 2.31. The highest BCUT2D eigenvalue weighted by atomic mass is 32.2. The average molecular weight is 330 g/mol. The molecule has 0 saturated heterocycles. The van der Waals surface area contributed by atoms with Gasteiger partial charge >= 0.3 is 0 Å². The molecular formula is C20H27NOS. The first-order valence-electron chi connectivity index (χ1n) is 8.17. The lowest BCUT2D eigenvalue weighted by atomic mass is 10.0. The van der Waals surface area contributed by atoms with Crippen LogP contribution in [0.15, 0.2) is 54.6 Å². The van der Waals surface area contributed by atoms with Gasteiger partial charge in [0.25, 0.3) is 0 Å². The van der Waals surface area contributed by atoms with Gasteiger partial charge in [0.1, 0.15) is 4.75 Å². The first-order valence-corrected chi connectivity index (χ1v) is 9.32. The van der Waals surface area contributed by atoms with E-state index in [4.69, 9.17) is 0 Å². The van der Waals surface area contributed by atoms with E-state index in [1.54, 1.807) is 0 Å². The largest absolute Gasteiger partial charge is 0.598 e. The Hall–Kier alpha value is -1.29. The summed E-state index contributed by atoms with van der Waals surface area (Å²) in [5.41, 5.74) is 3.87. The third kappa shape index (κ3) is 5.69. The zero-order valence-electron chi connectivity index (χ0n) is 14.5. The Labute approximate surface area is 143 Å². The van der Waals surface area contributed by atoms with E-state index in [1.807, 2.05) is 26.8 Å². The molecule has 2 atom stereocenters. The van der Waals surface area contributed by atoms with Crippen molar-refractivity contribution in [3.05, 3.63) is 71.3 Å². The molecule has 124 valence electrons. The highest BCUT2D eigenvalue weighted by molar-refractivity contribution is 7.90. The molecule has 0 saturated carbocycles. The zero-order chi connectivity index (χ0) is 16.9. The van der Waals surface area contributed by atoms with Gasteiger partial charge in [-0.05, 0) is 57.2 Å². The summed E-state index contributed by atoms with van der Waals surface area (Å²) in [5, 5.41) is 0. The van der Waals surface area contributed by atoms with Gasteiger partial charge in [-0.2, -0.15) is 0 Å². The van der Waals surface area contributed by atoms with Gasteiger partial charge in [-0.1, -0.05) is 54.6 Å². The van der Waals surface area contributed by atoms with E-state index < -0.39 is 11.4 Å². The molecular weight excluding hydrogens is 302 g/mol. The molecule has 1 N–H and O–H groups in total. The smallest absolute Gasteiger partial charge is 0.136 e. The van der Waals surface area contributed by atoms with E-state index in [-0.39, 0.29) is 10.8 Å². The zero-order valence-corrected chi connectivity index (χ0v) is 15.3. The van der Waals surface area contributed by atoms with Gasteiger partial charge in [-0.25, -0.2) is 0 Å². The number of hydrogen-bond donors (Lipinski definition) is 1. The van der Waals surface area contributed by atoms with Crippen molar-refractivity contribution < 1.29 is 4.55 Å². The maximum Gasteiger partial charge on any atom is 0.136 e. The van der Waals surface area contributed by atoms with Crippen LogP contribution < -0.4 is 4.72 Å². The van der Waals surface area contributed by atoms with Crippen molar-refractivity contribution >= 4 is 11.4 Å². The number of rotatable bonds is 6. The molecule has 23 heavy (non-hydrogen) atoms. The van der Waals surface area contributed by atoms with Gasteiger partial charge in [0.15, 0.2) is 0 Å². The van der Waals surface area contributed by atoms with Crippen LogP contribution in [-0.2, 0) is 24.2 Å². The molecule has 0 spiro atoms. The van der Waals surface area contributed by atoms with Gasteiger partial charge in [0, 0.05) is 11.4 Å². The molecule has 1 unspecified atom stereocenters. The monoisotopic (exact) mass is 329 g/mol. The Bertz CT molecular complexity index is 589. The first kappa shape index (κ1) is 18.1. The topological polar surface area (TPSA) is 35.1 Å². The highest BCUT2D eigenvalue weighted by Gasteiger charge is 2.28. The molecule has 0 aliphatic carbocycles. The van der Waals surface area contributed by atoms with Crippen molar-refractivity contribution in [2.75, 3.05) is 0 Å². The Balaban J connectivity index is 1.91.